The molecule has 0 unspecified atom stereocenters. The molecule has 1 amide bonds. The zero-order chi connectivity index (χ0) is 20.8. The summed E-state index contributed by atoms with van der Waals surface area (Å²) >= 11 is 0. The summed E-state index contributed by atoms with van der Waals surface area (Å²) in [6.45, 7) is 0. The van der Waals surface area contributed by atoms with Crippen LogP contribution in [-0.2, 0) is 0 Å². The Morgan fingerprint density at radius 2 is 1.38 bits per heavy atom. The van der Waals surface area contributed by atoms with Gasteiger partial charge in [0.2, 0.25) is 0 Å². The van der Waals surface area contributed by atoms with E-state index in [4.69, 9.17) is 0 Å². The molecule has 0 fully saturated rings. The quantitative estimate of drug-likeness (QED) is 0.387. The maximum absolute atomic E-state index is 12.2. The molecule has 0 saturated heterocycles. The van der Waals surface area contributed by atoms with Crippen molar-refractivity contribution in [3.63, 3.8) is 0 Å². The second kappa shape index (κ2) is 8.53. The van der Waals surface area contributed by atoms with Crippen LogP contribution in [0.4, 0.5) is 11.4 Å². The summed E-state index contributed by atoms with van der Waals surface area (Å²) in [5, 5.41) is 25.6. The number of nitro groups is 2. The van der Waals surface area contributed by atoms with Crippen LogP contribution in [0.15, 0.2) is 77.9 Å². The van der Waals surface area contributed by atoms with Crippen LogP contribution < -0.4 is 5.43 Å². The minimum absolute atomic E-state index is 0.234. The highest BCUT2D eigenvalue weighted by molar-refractivity contribution is 5.96. The molecule has 0 aliphatic rings. The average molecular weight is 390 g/mol. The number of hydrogen-bond donors (Lipinski definition) is 1. The third-order valence-electron chi connectivity index (χ3n) is 3.98. The molecular formula is C20H14N4O5. The van der Waals surface area contributed by atoms with Gasteiger partial charge in [-0.2, -0.15) is 5.10 Å². The normalized spacial score (nSPS) is 10.6. The maximum atomic E-state index is 12.2. The van der Waals surface area contributed by atoms with Gasteiger partial charge >= 0.3 is 0 Å². The maximum Gasteiger partial charge on any atom is 0.277 e. The molecule has 0 radical (unpaired) electrons. The fourth-order valence-electron chi connectivity index (χ4n) is 2.56. The predicted octanol–water partition coefficient (Wildman–Crippen LogP) is 3.93. The van der Waals surface area contributed by atoms with Gasteiger partial charge in [-0.15, -0.1) is 0 Å². The largest absolute Gasteiger partial charge is 0.277 e. The van der Waals surface area contributed by atoms with Crippen molar-refractivity contribution in [2.45, 2.75) is 0 Å². The summed E-state index contributed by atoms with van der Waals surface area (Å²) in [4.78, 5) is 32.3. The van der Waals surface area contributed by atoms with E-state index >= 15 is 0 Å². The number of benzene rings is 3. The van der Waals surface area contributed by atoms with Crippen LogP contribution in [0.3, 0.4) is 0 Å². The molecular weight excluding hydrogens is 376 g/mol. The van der Waals surface area contributed by atoms with Gasteiger partial charge in [-0.25, -0.2) is 5.43 Å². The highest BCUT2D eigenvalue weighted by atomic mass is 16.6. The van der Waals surface area contributed by atoms with E-state index in [0.29, 0.717) is 0 Å². The van der Waals surface area contributed by atoms with E-state index in [1.54, 1.807) is 0 Å². The number of non-ortho nitro benzene ring substituents is 2. The van der Waals surface area contributed by atoms with Gasteiger partial charge < -0.3 is 0 Å². The van der Waals surface area contributed by atoms with Crippen LogP contribution >= 0.6 is 0 Å². The van der Waals surface area contributed by atoms with E-state index in [-0.39, 0.29) is 5.56 Å². The van der Waals surface area contributed by atoms with Gasteiger partial charge in [0.15, 0.2) is 0 Å². The molecule has 0 saturated carbocycles. The van der Waals surface area contributed by atoms with Crippen LogP contribution in [-0.4, -0.2) is 22.0 Å². The number of amides is 1. The van der Waals surface area contributed by atoms with E-state index in [2.05, 4.69) is 10.5 Å². The molecule has 3 rings (SSSR count). The molecule has 3 aromatic rings. The van der Waals surface area contributed by atoms with Crippen molar-refractivity contribution in [2.75, 3.05) is 0 Å². The summed E-state index contributed by atoms with van der Waals surface area (Å²) in [7, 11) is 0. The second-order valence-electron chi connectivity index (χ2n) is 5.94. The lowest BCUT2D eigenvalue weighted by molar-refractivity contribution is -0.394. The third-order valence-corrected chi connectivity index (χ3v) is 3.98. The summed E-state index contributed by atoms with van der Waals surface area (Å²) in [6.07, 6.45) is 1.40. The van der Waals surface area contributed by atoms with Crippen molar-refractivity contribution < 1.29 is 14.6 Å². The fraction of sp³-hybridized carbons (Fsp3) is 0. The Bertz CT molecular complexity index is 1060. The number of carbonyl (C=O) groups excluding carboxylic acids is 1. The topological polar surface area (TPSA) is 128 Å². The van der Waals surface area contributed by atoms with Crippen LogP contribution in [0, 0.1) is 20.2 Å². The van der Waals surface area contributed by atoms with Gasteiger partial charge in [0.25, 0.3) is 17.3 Å². The summed E-state index contributed by atoms with van der Waals surface area (Å²) < 4.78 is 0. The lowest BCUT2D eigenvalue weighted by Crippen LogP contribution is -2.18. The zero-order valence-electron chi connectivity index (χ0n) is 14.9. The van der Waals surface area contributed by atoms with Crippen molar-refractivity contribution in [3.8, 4) is 11.1 Å². The number of nitrogens with zero attached hydrogens (tertiary/aromatic N) is 3. The van der Waals surface area contributed by atoms with Gasteiger partial charge in [-0.05, 0) is 16.7 Å². The molecule has 0 aliphatic carbocycles. The lowest BCUT2D eigenvalue weighted by Gasteiger charge is -2.02. The van der Waals surface area contributed by atoms with Crippen molar-refractivity contribution in [3.05, 3.63) is 104 Å². The van der Waals surface area contributed by atoms with Crippen molar-refractivity contribution in [1.29, 1.82) is 0 Å². The molecule has 0 bridgehead atoms. The summed E-state index contributed by atoms with van der Waals surface area (Å²) in [5.41, 5.74) is 3.68. The molecule has 9 nitrogen and oxygen atoms in total. The molecule has 3 aromatic carbocycles. The van der Waals surface area contributed by atoms with Crippen molar-refractivity contribution >= 4 is 23.5 Å². The number of nitro benzene ring substituents is 2. The molecule has 1 N–H and O–H groups in total. The van der Waals surface area contributed by atoms with E-state index in [9.17, 15) is 25.0 Å². The average Bonchev–Trinajstić information content (AvgIpc) is 2.74. The number of hydrazone groups is 1. The Labute approximate surface area is 164 Å². The minimum atomic E-state index is -0.804. The highest BCUT2D eigenvalue weighted by Crippen LogP contribution is 2.22. The number of nitrogens with one attached hydrogen (secondary N) is 1. The lowest BCUT2D eigenvalue weighted by atomic mass is 10.0. The van der Waals surface area contributed by atoms with Gasteiger partial charge in [-0.3, -0.25) is 25.0 Å². The van der Waals surface area contributed by atoms with Crippen LogP contribution in [0.2, 0.25) is 0 Å². The highest BCUT2D eigenvalue weighted by Gasteiger charge is 2.19. The van der Waals surface area contributed by atoms with E-state index < -0.39 is 27.1 Å². The minimum Gasteiger partial charge on any atom is -0.267 e. The molecule has 0 heterocycles. The van der Waals surface area contributed by atoms with E-state index in [0.717, 1.165) is 34.9 Å². The molecule has 144 valence electrons. The second-order valence-corrected chi connectivity index (χ2v) is 5.94. The first-order chi connectivity index (χ1) is 13.9. The molecule has 29 heavy (non-hydrogen) atoms. The Balaban J connectivity index is 1.71. The van der Waals surface area contributed by atoms with E-state index in [1.807, 2.05) is 54.6 Å². The first kappa shape index (κ1) is 19.4. The summed E-state index contributed by atoms with van der Waals surface area (Å²) in [5.74, 6) is -0.797. The molecule has 0 aliphatic heterocycles. The van der Waals surface area contributed by atoms with Crippen LogP contribution in [0.1, 0.15) is 15.9 Å². The molecule has 0 aromatic heterocycles. The number of hydrogen-bond acceptors (Lipinski definition) is 6. The van der Waals surface area contributed by atoms with Gasteiger partial charge in [-0.1, -0.05) is 54.6 Å². The third kappa shape index (κ3) is 4.86. The standard InChI is InChI=1S/C20H14N4O5/c25-20(17-10-18(23(26)27)12-19(11-17)24(28)29)22-21-13-14-6-8-16(9-7-14)15-4-2-1-3-5-15/h1-13H,(H,22,25)/b21-13+. The first-order valence-corrected chi connectivity index (χ1v) is 8.37. The molecule has 9 heteroatoms. The summed E-state index contributed by atoms with van der Waals surface area (Å²) in [6, 6.07) is 19.9. The Kier molecular flexibility index (Phi) is 5.69. The predicted molar refractivity (Wildman–Crippen MR) is 107 cm³/mol. The Hall–Kier alpha value is -4.40. The van der Waals surface area contributed by atoms with Crippen molar-refractivity contribution in [1.82, 2.24) is 5.43 Å². The smallest absolute Gasteiger partial charge is 0.267 e. The van der Waals surface area contributed by atoms with Gasteiger partial charge in [0, 0.05) is 12.1 Å². The Morgan fingerprint density at radius 3 is 1.93 bits per heavy atom. The first-order valence-electron chi connectivity index (χ1n) is 8.37. The van der Waals surface area contributed by atoms with Crippen LogP contribution in [0.5, 0.6) is 0 Å². The SMILES string of the molecule is O=C(N/N=C/c1ccc(-c2ccccc2)cc1)c1cc([N+](=O)[O-])cc([N+](=O)[O-])c1. The van der Waals surface area contributed by atoms with Gasteiger partial charge in [0.05, 0.1) is 27.7 Å². The van der Waals surface area contributed by atoms with Gasteiger partial charge in [0.1, 0.15) is 0 Å². The number of rotatable bonds is 6. The molecule has 0 atom stereocenters. The monoisotopic (exact) mass is 390 g/mol. The number of carbonyl (C=O) groups is 1. The zero-order valence-corrected chi connectivity index (χ0v) is 14.9. The van der Waals surface area contributed by atoms with Crippen LogP contribution in [0.25, 0.3) is 11.1 Å². The van der Waals surface area contributed by atoms with Crippen molar-refractivity contribution in [2.24, 2.45) is 5.10 Å². The fourth-order valence-corrected chi connectivity index (χ4v) is 2.56. The Morgan fingerprint density at radius 1 is 0.828 bits per heavy atom. The van der Waals surface area contributed by atoms with E-state index in [1.165, 1.54) is 6.21 Å². The molecule has 0 spiro atoms.